The standard InChI is InChI=1S/C16H20Br3N2O2/c1-20-13(21(2)6-4-5-12(21)16(20)22)7-9-10(17)8-11(18)15(23-3)14(9)19/h8,12-13H,4-7H2,1-3H3/q+1/t12-,13-,21-/m0/s1. The van der Waals surface area contributed by atoms with E-state index in [2.05, 4.69) is 54.8 Å². The molecule has 1 aromatic carbocycles. The number of methoxy groups -OCH3 is 1. The first-order valence-electron chi connectivity index (χ1n) is 7.63. The van der Waals surface area contributed by atoms with Gasteiger partial charge in [-0.1, -0.05) is 15.9 Å². The topological polar surface area (TPSA) is 29.5 Å². The first kappa shape index (κ1) is 17.7. The predicted octanol–water partition coefficient (Wildman–Crippen LogP) is 3.93. The normalized spacial score (nSPS) is 30.0. The highest BCUT2D eigenvalue weighted by atomic mass is 79.9. The van der Waals surface area contributed by atoms with Gasteiger partial charge in [-0.25, -0.2) is 0 Å². The Kier molecular flexibility index (Phi) is 4.86. The first-order chi connectivity index (χ1) is 10.8. The van der Waals surface area contributed by atoms with Gasteiger partial charge >= 0.3 is 0 Å². The van der Waals surface area contributed by atoms with Crippen LogP contribution in [0, 0.1) is 0 Å². The highest BCUT2D eigenvalue weighted by Gasteiger charge is 2.57. The lowest BCUT2D eigenvalue weighted by Gasteiger charge is -2.36. The Bertz CT molecular complexity index is 667. The molecule has 2 aliphatic rings. The average Bonchev–Trinajstić information content (AvgIpc) is 2.94. The number of halogens is 3. The zero-order valence-electron chi connectivity index (χ0n) is 13.4. The van der Waals surface area contributed by atoms with Gasteiger partial charge in [0.15, 0.2) is 12.2 Å². The second-order valence-electron chi connectivity index (χ2n) is 6.53. The zero-order valence-corrected chi connectivity index (χ0v) is 18.2. The first-order valence-corrected chi connectivity index (χ1v) is 10.0. The van der Waals surface area contributed by atoms with Gasteiger partial charge in [0.2, 0.25) is 0 Å². The van der Waals surface area contributed by atoms with Crippen LogP contribution in [-0.2, 0) is 11.2 Å². The van der Waals surface area contributed by atoms with Gasteiger partial charge in [-0.15, -0.1) is 0 Å². The van der Waals surface area contributed by atoms with Crippen molar-refractivity contribution < 1.29 is 14.0 Å². The fourth-order valence-electron chi connectivity index (χ4n) is 4.10. The van der Waals surface area contributed by atoms with E-state index < -0.39 is 0 Å². The summed E-state index contributed by atoms with van der Waals surface area (Å²) in [5.74, 6) is 1.07. The molecule has 0 saturated carbocycles. The molecule has 126 valence electrons. The summed E-state index contributed by atoms with van der Waals surface area (Å²) in [6, 6.07) is 2.14. The maximum Gasteiger partial charge on any atom is 0.285 e. The highest BCUT2D eigenvalue weighted by Crippen LogP contribution is 2.44. The van der Waals surface area contributed by atoms with E-state index in [0.29, 0.717) is 0 Å². The van der Waals surface area contributed by atoms with Gasteiger partial charge in [-0.2, -0.15) is 0 Å². The van der Waals surface area contributed by atoms with Gasteiger partial charge < -0.3 is 4.74 Å². The number of carbonyl (C=O) groups is 1. The Balaban J connectivity index is 2.01. The fraction of sp³-hybridized carbons (Fsp3) is 0.562. The lowest BCUT2D eigenvalue weighted by atomic mass is 10.1. The number of hydrogen-bond donors (Lipinski definition) is 0. The van der Waals surface area contributed by atoms with Crippen LogP contribution in [0.5, 0.6) is 5.75 Å². The van der Waals surface area contributed by atoms with Crippen molar-refractivity contribution in [1.82, 2.24) is 4.90 Å². The van der Waals surface area contributed by atoms with E-state index in [0.717, 1.165) is 55.0 Å². The third-order valence-corrected chi connectivity index (χ3v) is 7.54. The predicted molar refractivity (Wildman–Crippen MR) is 100 cm³/mol. The molecule has 7 heteroatoms. The number of fused-ring (bicyclic) bond motifs is 1. The van der Waals surface area contributed by atoms with Gasteiger partial charge in [0.05, 0.1) is 29.6 Å². The Hall–Kier alpha value is -0.110. The molecule has 2 fully saturated rings. The van der Waals surface area contributed by atoms with Crippen molar-refractivity contribution >= 4 is 53.7 Å². The number of likely N-dealkylation sites (N-methyl/N-ethyl adjacent to an activating group) is 2. The van der Waals surface area contributed by atoms with Crippen LogP contribution in [0.2, 0.25) is 0 Å². The quantitative estimate of drug-likeness (QED) is 0.575. The smallest absolute Gasteiger partial charge is 0.285 e. The summed E-state index contributed by atoms with van der Waals surface area (Å²) < 4.78 is 9.18. The maximum absolute atomic E-state index is 12.6. The monoisotopic (exact) mass is 509 g/mol. The number of hydrogen-bond acceptors (Lipinski definition) is 2. The van der Waals surface area contributed by atoms with E-state index in [-0.39, 0.29) is 18.1 Å². The van der Waals surface area contributed by atoms with Gasteiger partial charge in [-0.3, -0.25) is 14.2 Å². The molecule has 0 spiro atoms. The minimum Gasteiger partial charge on any atom is -0.494 e. The number of carbonyl (C=O) groups excluding carboxylic acids is 1. The second-order valence-corrected chi connectivity index (χ2v) is 9.03. The molecule has 3 atom stereocenters. The molecule has 2 heterocycles. The van der Waals surface area contributed by atoms with Gasteiger partial charge in [-0.05, 0) is 43.5 Å². The minimum atomic E-state index is 0.125. The van der Waals surface area contributed by atoms with Crippen molar-refractivity contribution in [2.75, 3.05) is 27.7 Å². The van der Waals surface area contributed by atoms with Crippen molar-refractivity contribution in [2.24, 2.45) is 0 Å². The summed E-state index contributed by atoms with van der Waals surface area (Å²) in [7, 11) is 5.83. The molecule has 0 aromatic heterocycles. The molecule has 0 radical (unpaired) electrons. The Morgan fingerprint density at radius 3 is 2.70 bits per heavy atom. The van der Waals surface area contributed by atoms with Gasteiger partial charge in [0.25, 0.3) is 5.91 Å². The van der Waals surface area contributed by atoms with Crippen LogP contribution >= 0.6 is 47.8 Å². The lowest BCUT2D eigenvalue weighted by Crippen LogP contribution is -2.53. The molecule has 23 heavy (non-hydrogen) atoms. The van der Waals surface area contributed by atoms with Crippen molar-refractivity contribution in [2.45, 2.75) is 31.5 Å². The molecule has 1 amide bonds. The number of quaternary nitrogens is 1. The van der Waals surface area contributed by atoms with Crippen LogP contribution in [0.3, 0.4) is 0 Å². The van der Waals surface area contributed by atoms with E-state index in [1.54, 1.807) is 7.11 Å². The van der Waals surface area contributed by atoms with E-state index in [9.17, 15) is 4.79 Å². The van der Waals surface area contributed by atoms with Crippen LogP contribution < -0.4 is 4.74 Å². The van der Waals surface area contributed by atoms with Crippen molar-refractivity contribution in [1.29, 1.82) is 0 Å². The molecule has 0 bridgehead atoms. The fourth-order valence-corrected chi connectivity index (χ4v) is 6.87. The van der Waals surface area contributed by atoms with Gasteiger partial charge in [0, 0.05) is 30.8 Å². The van der Waals surface area contributed by atoms with E-state index in [1.165, 1.54) is 0 Å². The second kappa shape index (κ2) is 6.32. The third kappa shape index (κ3) is 2.68. The maximum atomic E-state index is 12.6. The Morgan fingerprint density at radius 2 is 2.04 bits per heavy atom. The molecule has 0 unspecified atom stereocenters. The van der Waals surface area contributed by atoms with Crippen molar-refractivity contribution in [3.63, 3.8) is 0 Å². The molecule has 1 aromatic rings. The summed E-state index contributed by atoms with van der Waals surface area (Å²) >= 11 is 10.9. The SMILES string of the molecule is COc1c(Br)cc(Br)c(C[C@H]2N(C)C(=O)[C@@H]3CCC[N@@+]32C)c1Br. The number of rotatable bonds is 3. The molecule has 2 aliphatic heterocycles. The van der Waals surface area contributed by atoms with Crippen LogP contribution in [0.1, 0.15) is 18.4 Å². The largest absolute Gasteiger partial charge is 0.494 e. The molecular weight excluding hydrogens is 492 g/mol. The van der Waals surface area contributed by atoms with Crippen molar-refractivity contribution in [3.05, 3.63) is 25.0 Å². The van der Waals surface area contributed by atoms with E-state index >= 15 is 0 Å². The molecule has 4 nitrogen and oxygen atoms in total. The van der Waals surface area contributed by atoms with E-state index in [1.807, 2.05) is 18.0 Å². The van der Waals surface area contributed by atoms with Crippen LogP contribution in [0.15, 0.2) is 19.5 Å². The molecular formula is C16H20Br3N2O2+. The summed E-state index contributed by atoms with van der Waals surface area (Å²) in [4.78, 5) is 14.5. The minimum absolute atomic E-state index is 0.125. The Labute approximate surface area is 162 Å². The number of nitrogens with zero attached hydrogens (tertiary/aromatic N) is 2. The number of benzene rings is 1. The summed E-state index contributed by atoms with van der Waals surface area (Å²) in [5, 5.41) is 0. The molecule has 2 saturated heterocycles. The zero-order chi connectivity index (χ0) is 16.9. The van der Waals surface area contributed by atoms with Crippen LogP contribution in [0.4, 0.5) is 0 Å². The average molecular weight is 512 g/mol. The molecule has 0 N–H and O–H groups in total. The van der Waals surface area contributed by atoms with E-state index in [4.69, 9.17) is 4.74 Å². The van der Waals surface area contributed by atoms with Crippen LogP contribution in [-0.4, -0.2) is 55.2 Å². The molecule has 3 rings (SSSR count). The third-order valence-electron chi connectivity index (χ3n) is 5.40. The highest BCUT2D eigenvalue weighted by molar-refractivity contribution is 9.11. The number of amides is 1. The Morgan fingerprint density at radius 1 is 1.35 bits per heavy atom. The lowest BCUT2D eigenvalue weighted by molar-refractivity contribution is -0.933. The van der Waals surface area contributed by atoms with Gasteiger partial charge in [0.1, 0.15) is 5.75 Å². The number of ether oxygens (including phenoxy) is 1. The van der Waals surface area contributed by atoms with Crippen LogP contribution in [0.25, 0.3) is 0 Å². The summed E-state index contributed by atoms with van der Waals surface area (Å²) in [6.07, 6.45) is 3.08. The van der Waals surface area contributed by atoms with Crippen molar-refractivity contribution in [3.8, 4) is 5.75 Å². The summed E-state index contributed by atoms with van der Waals surface area (Å²) in [6.45, 7) is 1.06. The summed E-state index contributed by atoms with van der Waals surface area (Å²) in [5.41, 5.74) is 1.14. The molecule has 0 aliphatic carbocycles.